The summed E-state index contributed by atoms with van der Waals surface area (Å²) < 4.78 is 6.51. The molecular weight excluding hydrogens is 327 g/mol. The van der Waals surface area contributed by atoms with E-state index in [1.807, 2.05) is 0 Å². The van der Waals surface area contributed by atoms with Crippen LogP contribution in [0.3, 0.4) is 0 Å². The van der Waals surface area contributed by atoms with E-state index in [9.17, 15) is 9.59 Å². The molecule has 0 saturated heterocycles. The predicted octanol–water partition coefficient (Wildman–Crippen LogP) is 4.08. The molecule has 2 atom stereocenters. The maximum absolute atomic E-state index is 12.1. The summed E-state index contributed by atoms with van der Waals surface area (Å²) in [5.74, 6) is 0.322. The van der Waals surface area contributed by atoms with Crippen LogP contribution in [0.15, 0.2) is 0 Å². The number of halogens is 2. The Kier molecular flexibility index (Phi) is 3.47. The van der Waals surface area contributed by atoms with Gasteiger partial charge in [0.05, 0.1) is 5.60 Å². The average molecular weight is 349 g/mol. The van der Waals surface area contributed by atoms with Crippen molar-refractivity contribution in [2.24, 2.45) is 16.7 Å². The molecule has 4 aliphatic carbocycles. The van der Waals surface area contributed by atoms with Gasteiger partial charge in [-0.05, 0) is 87.3 Å². The highest BCUT2D eigenvalue weighted by Crippen LogP contribution is 2.69. The Morgan fingerprint density at radius 1 is 0.952 bits per heavy atom. The van der Waals surface area contributed by atoms with E-state index < -0.39 is 19.1 Å². The minimum atomic E-state index is -1.79. The van der Waals surface area contributed by atoms with Crippen molar-refractivity contribution < 1.29 is 14.0 Å². The number of hydrogen-bond donors (Lipinski definition) is 0. The van der Waals surface area contributed by atoms with Crippen LogP contribution in [0.1, 0.15) is 38.5 Å². The van der Waals surface area contributed by atoms with Crippen molar-refractivity contribution in [2.75, 3.05) is 0 Å². The third kappa shape index (κ3) is 2.52. The van der Waals surface area contributed by atoms with Crippen LogP contribution < -0.4 is 0 Å². The third-order valence-corrected chi connectivity index (χ3v) is 7.22. The van der Waals surface area contributed by atoms with Gasteiger partial charge in [-0.2, -0.15) is 0 Å². The number of carbonyl (C=O) groups excluding carboxylic acids is 2. The standard InChI is InChI=1S/C15H22Cl2O3Si/c1-21(2,3)20-15-6-10-4-13(8-15,11(16)18)7-14(5-10,9-15)12(17)19/h10H,4-9H2,1-3H3. The van der Waals surface area contributed by atoms with E-state index in [0.29, 0.717) is 25.2 Å². The highest BCUT2D eigenvalue weighted by molar-refractivity contribution is 6.70. The second kappa shape index (κ2) is 4.56. The van der Waals surface area contributed by atoms with Crippen LogP contribution in [0.25, 0.3) is 0 Å². The lowest BCUT2D eigenvalue weighted by molar-refractivity contribution is -0.190. The molecule has 4 aliphatic rings. The maximum atomic E-state index is 12.1. The van der Waals surface area contributed by atoms with Crippen LogP contribution in [0.4, 0.5) is 0 Å². The molecule has 4 rings (SSSR count). The lowest BCUT2D eigenvalue weighted by Gasteiger charge is -2.65. The van der Waals surface area contributed by atoms with E-state index in [4.69, 9.17) is 27.6 Å². The molecule has 0 radical (unpaired) electrons. The fraction of sp³-hybridized carbons (Fsp3) is 0.867. The smallest absolute Gasteiger partial charge is 0.227 e. The molecule has 0 aliphatic heterocycles. The minimum absolute atomic E-state index is 0.308. The number of hydrogen-bond acceptors (Lipinski definition) is 3. The molecular formula is C15H22Cl2O3Si. The van der Waals surface area contributed by atoms with Crippen LogP contribution in [0.5, 0.6) is 0 Å². The van der Waals surface area contributed by atoms with Crippen molar-refractivity contribution >= 4 is 42.0 Å². The molecule has 3 nitrogen and oxygen atoms in total. The summed E-state index contributed by atoms with van der Waals surface area (Å²) in [6, 6.07) is 0. The first-order valence-electron chi connectivity index (χ1n) is 7.60. The topological polar surface area (TPSA) is 43.4 Å². The van der Waals surface area contributed by atoms with E-state index in [2.05, 4.69) is 19.6 Å². The minimum Gasteiger partial charge on any atom is -0.412 e. The van der Waals surface area contributed by atoms with Crippen molar-refractivity contribution in [3.63, 3.8) is 0 Å². The Morgan fingerprint density at radius 3 is 1.81 bits per heavy atom. The van der Waals surface area contributed by atoms with E-state index in [-0.39, 0.29) is 16.1 Å². The van der Waals surface area contributed by atoms with Crippen molar-refractivity contribution in [3.8, 4) is 0 Å². The summed E-state index contributed by atoms with van der Waals surface area (Å²) in [6.45, 7) is 6.45. The van der Waals surface area contributed by atoms with Crippen LogP contribution in [-0.4, -0.2) is 24.4 Å². The zero-order valence-electron chi connectivity index (χ0n) is 12.8. The lowest BCUT2D eigenvalue weighted by Crippen LogP contribution is -2.65. The summed E-state index contributed by atoms with van der Waals surface area (Å²) in [5, 5.41) is -0.616. The largest absolute Gasteiger partial charge is 0.412 e. The summed E-state index contributed by atoms with van der Waals surface area (Å²) in [6.07, 6.45) is 4.35. The molecule has 4 saturated carbocycles. The van der Waals surface area contributed by atoms with Crippen molar-refractivity contribution in [3.05, 3.63) is 0 Å². The van der Waals surface area contributed by atoms with Gasteiger partial charge >= 0.3 is 0 Å². The molecule has 0 spiro atoms. The fourth-order valence-corrected chi connectivity index (χ4v) is 7.50. The Labute approximate surface area is 136 Å². The molecule has 2 unspecified atom stereocenters. The average Bonchev–Trinajstić information content (AvgIpc) is 2.22. The molecule has 0 amide bonds. The Bertz CT molecular complexity index is 484. The van der Waals surface area contributed by atoms with Gasteiger partial charge in [-0.25, -0.2) is 0 Å². The monoisotopic (exact) mass is 348 g/mol. The van der Waals surface area contributed by atoms with Gasteiger partial charge in [-0.3, -0.25) is 9.59 Å². The second-order valence-corrected chi connectivity index (χ2v) is 13.6. The Balaban J connectivity index is 2.05. The summed E-state index contributed by atoms with van der Waals surface area (Å²) in [7, 11) is -1.79. The van der Waals surface area contributed by atoms with Gasteiger partial charge in [-0.15, -0.1) is 0 Å². The highest BCUT2D eigenvalue weighted by atomic mass is 35.5. The van der Waals surface area contributed by atoms with Gasteiger partial charge in [0.25, 0.3) is 0 Å². The molecule has 21 heavy (non-hydrogen) atoms. The first kappa shape index (κ1) is 16.0. The third-order valence-electron chi connectivity index (χ3n) is 5.37. The first-order valence-corrected chi connectivity index (χ1v) is 11.8. The molecule has 4 fully saturated rings. The molecule has 6 heteroatoms. The summed E-state index contributed by atoms with van der Waals surface area (Å²) in [5.41, 5.74) is -1.59. The van der Waals surface area contributed by atoms with E-state index in [0.717, 1.165) is 19.3 Å². The first-order chi connectivity index (χ1) is 9.50. The molecule has 0 aromatic heterocycles. The van der Waals surface area contributed by atoms with E-state index >= 15 is 0 Å². The second-order valence-electron chi connectivity index (χ2n) is 8.51. The normalized spacial score (nSPS) is 44.9. The lowest BCUT2D eigenvalue weighted by atomic mass is 9.43. The molecule has 0 aromatic rings. The van der Waals surface area contributed by atoms with Gasteiger partial charge < -0.3 is 4.43 Å². The van der Waals surface area contributed by atoms with Gasteiger partial charge in [0.1, 0.15) is 0 Å². The molecule has 0 heterocycles. The SMILES string of the molecule is C[Si](C)(C)OC12CC3CC(C(=O)Cl)(C1)CC(C(=O)Cl)(C3)C2. The fourth-order valence-electron chi connectivity index (χ4n) is 5.55. The van der Waals surface area contributed by atoms with Crippen LogP contribution in [0, 0.1) is 16.7 Å². The van der Waals surface area contributed by atoms with Gasteiger partial charge in [0.2, 0.25) is 10.5 Å². The molecule has 0 aromatic carbocycles. The summed E-state index contributed by atoms with van der Waals surface area (Å²) in [4.78, 5) is 24.3. The molecule has 0 N–H and O–H groups in total. The van der Waals surface area contributed by atoms with Gasteiger partial charge in [0, 0.05) is 10.8 Å². The highest BCUT2D eigenvalue weighted by Gasteiger charge is 2.68. The van der Waals surface area contributed by atoms with Crippen LogP contribution >= 0.6 is 23.2 Å². The predicted molar refractivity (Wildman–Crippen MR) is 84.9 cm³/mol. The van der Waals surface area contributed by atoms with Crippen LogP contribution in [-0.2, 0) is 14.0 Å². The van der Waals surface area contributed by atoms with Gasteiger partial charge in [-0.1, -0.05) is 0 Å². The number of rotatable bonds is 4. The van der Waals surface area contributed by atoms with Gasteiger partial charge in [0.15, 0.2) is 8.32 Å². The Hall–Kier alpha value is 0.0969. The van der Waals surface area contributed by atoms with E-state index in [1.165, 1.54) is 0 Å². The quantitative estimate of drug-likeness (QED) is 0.567. The van der Waals surface area contributed by atoms with Crippen molar-refractivity contribution in [2.45, 2.75) is 63.8 Å². The zero-order chi connectivity index (χ0) is 15.7. The van der Waals surface area contributed by atoms with Crippen molar-refractivity contribution in [1.82, 2.24) is 0 Å². The summed E-state index contributed by atoms with van der Waals surface area (Å²) >= 11 is 11.9. The maximum Gasteiger partial charge on any atom is 0.227 e. The number of carbonyl (C=O) groups is 2. The molecule has 4 bridgehead atoms. The molecule has 118 valence electrons. The van der Waals surface area contributed by atoms with Crippen LogP contribution in [0.2, 0.25) is 19.6 Å². The zero-order valence-corrected chi connectivity index (χ0v) is 15.3. The Morgan fingerprint density at radius 2 is 1.43 bits per heavy atom. The van der Waals surface area contributed by atoms with E-state index in [1.54, 1.807) is 0 Å². The van der Waals surface area contributed by atoms with Crippen molar-refractivity contribution in [1.29, 1.82) is 0 Å².